The van der Waals surface area contributed by atoms with Gasteiger partial charge in [0.15, 0.2) is 0 Å². The standard InChI is InChI=1S/C28H53N5/c1-3-5-22-32(21-4-2)23-15-12-16-26-17-18-27-28(31-26)30-20-25-33(27)24-14-11-9-7-6-8-10-13-19-29/h17-18H,3-16,19-25,29H2,1-2H3,(H,30,31). The quantitative estimate of drug-likeness (QED) is 0.226. The van der Waals surface area contributed by atoms with Crippen LogP contribution in [-0.2, 0) is 6.42 Å². The third kappa shape index (κ3) is 11.6. The van der Waals surface area contributed by atoms with E-state index < -0.39 is 0 Å². The number of aromatic nitrogens is 1. The van der Waals surface area contributed by atoms with Crippen molar-refractivity contribution >= 4 is 11.5 Å². The third-order valence-corrected chi connectivity index (χ3v) is 6.85. The molecule has 2 rings (SSSR count). The second-order valence-corrected chi connectivity index (χ2v) is 9.85. The molecule has 33 heavy (non-hydrogen) atoms. The van der Waals surface area contributed by atoms with Crippen LogP contribution in [-0.4, -0.2) is 55.7 Å². The lowest BCUT2D eigenvalue weighted by atomic mass is 10.1. The van der Waals surface area contributed by atoms with E-state index in [-0.39, 0.29) is 0 Å². The molecule has 1 aromatic rings. The highest BCUT2D eigenvalue weighted by molar-refractivity contribution is 5.68. The zero-order valence-corrected chi connectivity index (χ0v) is 21.9. The maximum atomic E-state index is 5.57. The zero-order chi connectivity index (χ0) is 23.6. The fraction of sp³-hybridized carbons (Fsp3) is 0.821. The Balaban J connectivity index is 1.67. The summed E-state index contributed by atoms with van der Waals surface area (Å²) in [5.74, 6) is 1.11. The molecule has 1 aromatic heterocycles. The molecule has 0 unspecified atom stereocenters. The fourth-order valence-corrected chi connectivity index (χ4v) is 4.86. The number of nitrogens with zero attached hydrogens (tertiary/aromatic N) is 3. The van der Waals surface area contributed by atoms with Gasteiger partial charge < -0.3 is 20.9 Å². The third-order valence-electron chi connectivity index (χ3n) is 6.85. The molecule has 0 aromatic carbocycles. The largest absolute Gasteiger partial charge is 0.367 e. The highest BCUT2D eigenvalue weighted by Gasteiger charge is 2.17. The van der Waals surface area contributed by atoms with Gasteiger partial charge in [-0.3, -0.25) is 0 Å². The van der Waals surface area contributed by atoms with Gasteiger partial charge in [0.2, 0.25) is 0 Å². The number of unbranched alkanes of at least 4 members (excludes halogenated alkanes) is 9. The normalized spacial score (nSPS) is 13.4. The number of pyridine rings is 1. The number of nitrogens with two attached hydrogens (primary N) is 1. The molecule has 5 heteroatoms. The van der Waals surface area contributed by atoms with Crippen LogP contribution in [0, 0.1) is 0 Å². The molecule has 1 aliphatic rings. The lowest BCUT2D eigenvalue weighted by Crippen LogP contribution is -2.35. The van der Waals surface area contributed by atoms with Gasteiger partial charge in [-0.05, 0) is 83.3 Å². The number of hydrogen-bond donors (Lipinski definition) is 2. The van der Waals surface area contributed by atoms with Gasteiger partial charge in [-0.2, -0.15) is 0 Å². The highest BCUT2D eigenvalue weighted by Crippen LogP contribution is 2.28. The van der Waals surface area contributed by atoms with E-state index in [1.165, 1.54) is 114 Å². The predicted molar refractivity (Wildman–Crippen MR) is 146 cm³/mol. The lowest BCUT2D eigenvalue weighted by molar-refractivity contribution is 0.264. The first-order valence-corrected chi connectivity index (χ1v) is 14.2. The minimum atomic E-state index is 0.847. The number of aryl methyl sites for hydroxylation is 1. The van der Waals surface area contributed by atoms with Crippen LogP contribution in [0.4, 0.5) is 11.5 Å². The average molecular weight is 460 g/mol. The van der Waals surface area contributed by atoms with Crippen molar-refractivity contribution in [3.63, 3.8) is 0 Å². The molecule has 0 saturated carbocycles. The van der Waals surface area contributed by atoms with Crippen molar-refractivity contribution in [1.29, 1.82) is 0 Å². The Labute approximate surface area is 204 Å². The average Bonchev–Trinajstić information content (AvgIpc) is 2.84. The molecule has 0 spiro atoms. The number of fused-ring (bicyclic) bond motifs is 1. The second-order valence-electron chi connectivity index (χ2n) is 9.85. The number of nitrogens with one attached hydrogen (secondary N) is 1. The van der Waals surface area contributed by atoms with Gasteiger partial charge in [0, 0.05) is 25.3 Å². The molecule has 2 heterocycles. The molecule has 0 amide bonds. The van der Waals surface area contributed by atoms with E-state index in [2.05, 4.69) is 41.1 Å². The summed E-state index contributed by atoms with van der Waals surface area (Å²) in [6.45, 7) is 12.4. The maximum absolute atomic E-state index is 5.57. The van der Waals surface area contributed by atoms with Crippen LogP contribution >= 0.6 is 0 Å². The van der Waals surface area contributed by atoms with Crippen LogP contribution in [0.2, 0.25) is 0 Å². The molecule has 3 N–H and O–H groups in total. The van der Waals surface area contributed by atoms with Crippen LogP contribution in [0.25, 0.3) is 0 Å². The molecule has 5 nitrogen and oxygen atoms in total. The van der Waals surface area contributed by atoms with Gasteiger partial charge in [0.25, 0.3) is 0 Å². The Morgan fingerprint density at radius 1 is 0.848 bits per heavy atom. The van der Waals surface area contributed by atoms with E-state index in [0.29, 0.717) is 0 Å². The first-order valence-electron chi connectivity index (χ1n) is 14.2. The summed E-state index contributed by atoms with van der Waals surface area (Å²) in [5, 5.41) is 3.55. The van der Waals surface area contributed by atoms with Crippen LogP contribution in [0.5, 0.6) is 0 Å². The summed E-state index contributed by atoms with van der Waals surface area (Å²) >= 11 is 0. The van der Waals surface area contributed by atoms with Crippen LogP contribution in [0.1, 0.15) is 103 Å². The van der Waals surface area contributed by atoms with E-state index in [1.807, 2.05) is 0 Å². The van der Waals surface area contributed by atoms with Gasteiger partial charge in [-0.1, -0.05) is 58.8 Å². The molecular weight excluding hydrogens is 406 g/mol. The molecular formula is C28H53N5. The Kier molecular flexibility index (Phi) is 15.3. The van der Waals surface area contributed by atoms with E-state index in [1.54, 1.807) is 0 Å². The SMILES string of the molecule is CCCCN(CCC)CCCCc1ccc2c(n1)NCCN2CCCCCCCCCCN. The molecule has 190 valence electrons. The monoisotopic (exact) mass is 459 g/mol. The molecule has 0 radical (unpaired) electrons. The Morgan fingerprint density at radius 3 is 2.30 bits per heavy atom. The second kappa shape index (κ2) is 18.1. The van der Waals surface area contributed by atoms with Crippen LogP contribution in [0.15, 0.2) is 12.1 Å². The zero-order valence-electron chi connectivity index (χ0n) is 21.9. The summed E-state index contributed by atoms with van der Waals surface area (Å²) in [7, 11) is 0. The van der Waals surface area contributed by atoms with Gasteiger partial charge in [-0.15, -0.1) is 0 Å². The summed E-state index contributed by atoms with van der Waals surface area (Å²) in [6, 6.07) is 4.58. The molecule has 1 aliphatic heterocycles. The summed E-state index contributed by atoms with van der Waals surface area (Å²) < 4.78 is 0. The van der Waals surface area contributed by atoms with Gasteiger partial charge in [-0.25, -0.2) is 4.98 Å². The first kappa shape index (κ1) is 27.9. The molecule has 0 saturated heterocycles. The first-order chi connectivity index (χ1) is 16.3. The fourth-order valence-electron chi connectivity index (χ4n) is 4.86. The van der Waals surface area contributed by atoms with Crippen molar-refractivity contribution in [3.8, 4) is 0 Å². The molecule has 0 aliphatic carbocycles. The van der Waals surface area contributed by atoms with Crippen LogP contribution in [0.3, 0.4) is 0 Å². The van der Waals surface area contributed by atoms with Crippen molar-refractivity contribution in [1.82, 2.24) is 9.88 Å². The Hall–Kier alpha value is -1.33. The van der Waals surface area contributed by atoms with Crippen molar-refractivity contribution in [2.24, 2.45) is 5.73 Å². The number of hydrogen-bond acceptors (Lipinski definition) is 5. The van der Waals surface area contributed by atoms with E-state index >= 15 is 0 Å². The summed E-state index contributed by atoms with van der Waals surface area (Å²) in [4.78, 5) is 10.2. The van der Waals surface area contributed by atoms with Crippen molar-refractivity contribution < 1.29 is 0 Å². The predicted octanol–water partition coefficient (Wildman–Crippen LogP) is 6.23. The summed E-state index contributed by atoms with van der Waals surface area (Å²) in [5.41, 5.74) is 8.12. The topological polar surface area (TPSA) is 57.4 Å². The lowest BCUT2D eigenvalue weighted by Gasteiger charge is -2.31. The van der Waals surface area contributed by atoms with Crippen molar-refractivity contribution in [3.05, 3.63) is 17.8 Å². The van der Waals surface area contributed by atoms with Crippen molar-refractivity contribution in [2.45, 2.75) is 104 Å². The highest BCUT2D eigenvalue weighted by atomic mass is 15.2. The van der Waals surface area contributed by atoms with E-state index in [0.717, 1.165) is 38.4 Å². The van der Waals surface area contributed by atoms with Gasteiger partial charge >= 0.3 is 0 Å². The summed E-state index contributed by atoms with van der Waals surface area (Å²) in [6.07, 6.45) is 18.1. The smallest absolute Gasteiger partial charge is 0.149 e. The van der Waals surface area contributed by atoms with E-state index in [9.17, 15) is 0 Å². The van der Waals surface area contributed by atoms with Gasteiger partial charge in [0.1, 0.15) is 5.82 Å². The molecule has 0 fully saturated rings. The van der Waals surface area contributed by atoms with Crippen LogP contribution < -0.4 is 16.0 Å². The van der Waals surface area contributed by atoms with E-state index in [4.69, 9.17) is 10.7 Å². The Bertz CT molecular complexity index is 606. The maximum Gasteiger partial charge on any atom is 0.149 e. The number of anilines is 2. The van der Waals surface area contributed by atoms with Gasteiger partial charge in [0.05, 0.1) is 5.69 Å². The molecule has 0 bridgehead atoms. The van der Waals surface area contributed by atoms with Crippen molar-refractivity contribution in [2.75, 3.05) is 56.0 Å². The minimum absolute atomic E-state index is 0.847. The molecule has 0 atom stereocenters. The Morgan fingerprint density at radius 2 is 1.58 bits per heavy atom. The number of rotatable bonds is 20. The minimum Gasteiger partial charge on any atom is -0.367 e.